The Morgan fingerprint density at radius 3 is 2.69 bits per heavy atom. The second-order valence-electron chi connectivity index (χ2n) is 3.00. The van der Waals surface area contributed by atoms with Crippen molar-refractivity contribution in [2.45, 2.75) is 5.03 Å². The van der Waals surface area contributed by atoms with Crippen molar-refractivity contribution in [3.05, 3.63) is 41.3 Å². The van der Waals surface area contributed by atoms with Gasteiger partial charge < -0.3 is 4.98 Å². The molecule has 1 aromatic carbocycles. The Balaban J connectivity index is 2.33. The van der Waals surface area contributed by atoms with E-state index in [1.54, 1.807) is 24.3 Å². The number of halogens is 1. The van der Waals surface area contributed by atoms with Crippen LogP contribution < -0.4 is 4.72 Å². The molecule has 0 aliphatic rings. The number of aromatic amines is 1. The lowest BCUT2D eigenvalue weighted by molar-refractivity contribution is 0.598. The topological polar surface area (TPSA) is 74.8 Å². The van der Waals surface area contributed by atoms with Gasteiger partial charge in [0, 0.05) is 4.47 Å². The van der Waals surface area contributed by atoms with Gasteiger partial charge in [0.1, 0.15) is 0 Å². The summed E-state index contributed by atoms with van der Waals surface area (Å²) < 4.78 is 26.7. The molecule has 84 valence electrons. The molecule has 0 saturated heterocycles. The normalized spacial score (nSPS) is 11.3. The van der Waals surface area contributed by atoms with Crippen LogP contribution in [0.1, 0.15) is 0 Å². The first-order valence-corrected chi connectivity index (χ1v) is 6.63. The number of hydrogen-bond acceptors (Lipinski definition) is 3. The monoisotopic (exact) mass is 301 g/mol. The number of imidazole rings is 1. The number of para-hydroxylation sites is 1. The lowest BCUT2D eigenvalue weighted by atomic mass is 10.3. The van der Waals surface area contributed by atoms with Crippen LogP contribution in [0.2, 0.25) is 0 Å². The third-order valence-corrected chi connectivity index (χ3v) is 3.86. The van der Waals surface area contributed by atoms with Crippen LogP contribution in [0.15, 0.2) is 46.3 Å². The fourth-order valence-corrected chi connectivity index (χ4v) is 2.63. The van der Waals surface area contributed by atoms with Crippen molar-refractivity contribution in [1.82, 2.24) is 9.97 Å². The molecule has 0 unspecified atom stereocenters. The molecule has 16 heavy (non-hydrogen) atoms. The summed E-state index contributed by atoms with van der Waals surface area (Å²) in [6.07, 6.45) is 2.56. The van der Waals surface area contributed by atoms with E-state index >= 15 is 0 Å². The van der Waals surface area contributed by atoms with Gasteiger partial charge in [0.2, 0.25) is 0 Å². The fourth-order valence-electron chi connectivity index (χ4n) is 1.13. The number of nitrogens with one attached hydrogen (secondary N) is 2. The van der Waals surface area contributed by atoms with Gasteiger partial charge in [0.25, 0.3) is 10.0 Å². The first-order valence-electron chi connectivity index (χ1n) is 4.35. The van der Waals surface area contributed by atoms with Crippen LogP contribution in [0.4, 0.5) is 5.69 Å². The smallest absolute Gasteiger partial charge is 0.279 e. The van der Waals surface area contributed by atoms with E-state index in [1.165, 1.54) is 12.5 Å². The number of aromatic nitrogens is 2. The molecule has 5 nitrogen and oxygen atoms in total. The number of rotatable bonds is 3. The molecule has 0 aliphatic heterocycles. The van der Waals surface area contributed by atoms with Gasteiger partial charge in [-0.05, 0) is 28.1 Å². The number of benzene rings is 1. The molecule has 0 atom stereocenters. The van der Waals surface area contributed by atoms with Gasteiger partial charge in [-0.1, -0.05) is 12.1 Å². The Hall–Kier alpha value is -1.34. The van der Waals surface area contributed by atoms with Crippen molar-refractivity contribution in [2.24, 2.45) is 0 Å². The number of anilines is 1. The van der Waals surface area contributed by atoms with Crippen molar-refractivity contribution < 1.29 is 8.42 Å². The third-order valence-electron chi connectivity index (χ3n) is 1.88. The van der Waals surface area contributed by atoms with E-state index in [9.17, 15) is 8.42 Å². The Morgan fingerprint density at radius 2 is 2.06 bits per heavy atom. The molecule has 2 N–H and O–H groups in total. The van der Waals surface area contributed by atoms with Crippen LogP contribution in [0.5, 0.6) is 0 Å². The zero-order valence-electron chi connectivity index (χ0n) is 8.01. The van der Waals surface area contributed by atoms with Crippen LogP contribution in [-0.4, -0.2) is 18.4 Å². The zero-order valence-corrected chi connectivity index (χ0v) is 10.4. The quantitative estimate of drug-likeness (QED) is 0.910. The standard InChI is InChI=1S/C9H8BrN3O2S/c10-7-3-1-2-4-8(7)13-16(14,15)9-5-11-6-12-9/h1-6,13H,(H,11,12). The van der Waals surface area contributed by atoms with E-state index in [4.69, 9.17) is 0 Å². The van der Waals surface area contributed by atoms with Gasteiger partial charge in [-0.25, -0.2) is 4.98 Å². The van der Waals surface area contributed by atoms with Crippen molar-refractivity contribution in [3.63, 3.8) is 0 Å². The van der Waals surface area contributed by atoms with Gasteiger partial charge in [-0.3, -0.25) is 4.72 Å². The van der Waals surface area contributed by atoms with E-state index in [2.05, 4.69) is 30.6 Å². The summed E-state index contributed by atoms with van der Waals surface area (Å²) in [6, 6.07) is 6.97. The summed E-state index contributed by atoms with van der Waals surface area (Å²) in [5.41, 5.74) is 0.483. The second kappa shape index (κ2) is 4.26. The molecule has 1 aromatic heterocycles. The van der Waals surface area contributed by atoms with Crippen LogP contribution >= 0.6 is 15.9 Å². The molecule has 0 radical (unpaired) electrons. The average molecular weight is 302 g/mol. The predicted octanol–water partition coefficient (Wildman–Crippen LogP) is 1.97. The maximum absolute atomic E-state index is 11.8. The lowest BCUT2D eigenvalue weighted by Crippen LogP contribution is -2.13. The van der Waals surface area contributed by atoms with Crippen molar-refractivity contribution in [3.8, 4) is 0 Å². The van der Waals surface area contributed by atoms with Crippen molar-refractivity contribution >= 4 is 31.6 Å². The number of H-pyrrole nitrogens is 1. The molecule has 0 spiro atoms. The Labute approximate surface area is 101 Å². The van der Waals surface area contributed by atoms with E-state index < -0.39 is 10.0 Å². The summed E-state index contributed by atoms with van der Waals surface area (Å²) in [5.74, 6) is 0. The van der Waals surface area contributed by atoms with Gasteiger partial charge in [0.15, 0.2) is 5.03 Å². The largest absolute Gasteiger partial charge is 0.334 e. The summed E-state index contributed by atoms with van der Waals surface area (Å²) in [4.78, 5) is 6.21. The number of nitrogens with zero attached hydrogens (tertiary/aromatic N) is 1. The fraction of sp³-hybridized carbons (Fsp3) is 0. The maximum Gasteiger partial charge on any atom is 0.279 e. The minimum atomic E-state index is -3.59. The van der Waals surface area contributed by atoms with Crippen LogP contribution in [0, 0.1) is 0 Å². The lowest BCUT2D eigenvalue weighted by Gasteiger charge is -2.07. The minimum absolute atomic E-state index is 0.0308. The third kappa shape index (κ3) is 2.25. The minimum Gasteiger partial charge on any atom is -0.334 e. The Bertz CT molecular complexity index is 581. The molecule has 0 aliphatic carbocycles. The molecule has 2 rings (SSSR count). The molecule has 0 saturated carbocycles. The van der Waals surface area contributed by atoms with E-state index in [-0.39, 0.29) is 5.03 Å². The van der Waals surface area contributed by atoms with Crippen LogP contribution in [0.3, 0.4) is 0 Å². The van der Waals surface area contributed by atoms with Crippen LogP contribution in [0.25, 0.3) is 0 Å². The van der Waals surface area contributed by atoms with Crippen molar-refractivity contribution in [1.29, 1.82) is 0 Å². The zero-order chi connectivity index (χ0) is 11.6. The SMILES string of the molecule is O=S(=O)(Nc1ccccc1Br)c1cnc[nH]1. The van der Waals surface area contributed by atoms with Gasteiger partial charge in [-0.15, -0.1) is 0 Å². The highest BCUT2D eigenvalue weighted by atomic mass is 79.9. The maximum atomic E-state index is 11.8. The number of hydrogen-bond donors (Lipinski definition) is 2. The molecule has 0 amide bonds. The molecule has 0 bridgehead atoms. The Kier molecular flexibility index (Phi) is 2.97. The predicted molar refractivity (Wildman–Crippen MR) is 63.5 cm³/mol. The van der Waals surface area contributed by atoms with E-state index in [0.29, 0.717) is 10.2 Å². The first-order chi connectivity index (χ1) is 7.59. The summed E-state index contributed by atoms with van der Waals surface area (Å²) in [5, 5.41) is 0.0308. The average Bonchev–Trinajstić information content (AvgIpc) is 2.75. The highest BCUT2D eigenvalue weighted by Gasteiger charge is 2.16. The van der Waals surface area contributed by atoms with Gasteiger partial charge >= 0.3 is 0 Å². The van der Waals surface area contributed by atoms with Crippen LogP contribution in [-0.2, 0) is 10.0 Å². The molecular weight excluding hydrogens is 294 g/mol. The highest BCUT2D eigenvalue weighted by Crippen LogP contribution is 2.23. The summed E-state index contributed by atoms with van der Waals surface area (Å²) >= 11 is 3.26. The van der Waals surface area contributed by atoms with E-state index in [1.807, 2.05) is 0 Å². The highest BCUT2D eigenvalue weighted by molar-refractivity contribution is 9.10. The summed E-state index contributed by atoms with van der Waals surface area (Å²) in [6.45, 7) is 0. The molecule has 0 fully saturated rings. The number of sulfonamides is 1. The molecule has 2 aromatic rings. The molecular formula is C9H8BrN3O2S. The second-order valence-corrected chi connectivity index (χ2v) is 5.51. The molecule has 1 heterocycles. The molecule has 7 heteroatoms. The van der Waals surface area contributed by atoms with Gasteiger partial charge in [-0.2, -0.15) is 8.42 Å². The summed E-state index contributed by atoms with van der Waals surface area (Å²) in [7, 11) is -3.59. The van der Waals surface area contributed by atoms with Crippen molar-refractivity contribution in [2.75, 3.05) is 4.72 Å². The van der Waals surface area contributed by atoms with Gasteiger partial charge in [0.05, 0.1) is 18.2 Å². The van der Waals surface area contributed by atoms with E-state index in [0.717, 1.165) is 0 Å². The first kappa shape index (κ1) is 11.2. The Morgan fingerprint density at radius 1 is 1.31 bits per heavy atom.